The SMILES string of the molecule is CC1(C)O[C@]23C[C@H]1CC[C@]2(C)CC[C@@H]1O[C@@]13C. The molecule has 2 aliphatic carbocycles. The van der Waals surface area contributed by atoms with E-state index in [1.54, 1.807) is 0 Å². The molecule has 2 aliphatic heterocycles. The maximum Gasteiger partial charge on any atom is 0.121 e. The summed E-state index contributed by atoms with van der Waals surface area (Å²) in [5.74, 6) is 0.732. The van der Waals surface area contributed by atoms with E-state index < -0.39 is 0 Å². The van der Waals surface area contributed by atoms with Crippen LogP contribution in [-0.2, 0) is 9.47 Å². The summed E-state index contributed by atoms with van der Waals surface area (Å²) in [5.41, 5.74) is 0.426. The second-order valence-electron chi connectivity index (χ2n) is 7.79. The van der Waals surface area contributed by atoms with Gasteiger partial charge in [0.15, 0.2) is 0 Å². The minimum atomic E-state index is 0.00926. The van der Waals surface area contributed by atoms with Gasteiger partial charge in [0.05, 0.1) is 11.7 Å². The van der Waals surface area contributed by atoms with Crippen LogP contribution in [0.25, 0.3) is 0 Å². The fraction of sp³-hybridized carbons (Fsp3) is 1.00. The normalized spacial score (nSPS) is 62.8. The van der Waals surface area contributed by atoms with E-state index in [9.17, 15) is 0 Å². The molecule has 2 heterocycles. The van der Waals surface area contributed by atoms with Crippen molar-refractivity contribution in [3.05, 3.63) is 0 Å². The molecule has 4 aliphatic rings. The first-order chi connectivity index (χ1) is 7.83. The summed E-state index contributed by atoms with van der Waals surface area (Å²) in [5, 5.41) is 0. The molecule has 2 saturated heterocycles. The summed E-state index contributed by atoms with van der Waals surface area (Å²) in [6.07, 6.45) is 6.89. The van der Waals surface area contributed by atoms with Gasteiger partial charge in [0, 0.05) is 0 Å². The molecule has 5 atom stereocenters. The van der Waals surface area contributed by atoms with Gasteiger partial charge in [0.2, 0.25) is 0 Å². The molecule has 17 heavy (non-hydrogen) atoms. The Morgan fingerprint density at radius 2 is 1.71 bits per heavy atom. The highest BCUT2D eigenvalue weighted by molar-refractivity contribution is 5.28. The highest BCUT2D eigenvalue weighted by Crippen LogP contribution is 2.72. The Labute approximate surface area is 104 Å². The van der Waals surface area contributed by atoms with Crippen molar-refractivity contribution < 1.29 is 9.47 Å². The number of hydrogen-bond acceptors (Lipinski definition) is 2. The smallest absolute Gasteiger partial charge is 0.121 e. The van der Waals surface area contributed by atoms with Gasteiger partial charge in [-0.2, -0.15) is 0 Å². The summed E-state index contributed by atoms with van der Waals surface area (Å²) in [4.78, 5) is 0. The molecule has 4 rings (SSSR count). The van der Waals surface area contributed by atoms with Crippen molar-refractivity contribution in [1.82, 2.24) is 0 Å². The van der Waals surface area contributed by atoms with Crippen LogP contribution >= 0.6 is 0 Å². The number of rotatable bonds is 0. The molecule has 0 aromatic heterocycles. The minimum Gasteiger partial charge on any atom is -0.365 e. The Balaban J connectivity index is 1.86. The monoisotopic (exact) mass is 236 g/mol. The van der Waals surface area contributed by atoms with Crippen LogP contribution in [0.3, 0.4) is 0 Å². The first-order valence-electron chi connectivity index (χ1n) is 7.21. The maximum atomic E-state index is 6.70. The Kier molecular flexibility index (Phi) is 1.65. The van der Waals surface area contributed by atoms with Crippen LogP contribution in [0.15, 0.2) is 0 Å². The molecule has 0 radical (unpaired) electrons. The van der Waals surface area contributed by atoms with E-state index >= 15 is 0 Å². The minimum absolute atomic E-state index is 0.00926. The number of hydrogen-bond donors (Lipinski definition) is 0. The Hall–Kier alpha value is -0.0800. The molecule has 4 fully saturated rings. The summed E-state index contributed by atoms with van der Waals surface area (Å²) in [7, 11) is 0. The van der Waals surface area contributed by atoms with E-state index in [0.29, 0.717) is 11.5 Å². The second-order valence-corrected chi connectivity index (χ2v) is 7.79. The van der Waals surface area contributed by atoms with Gasteiger partial charge >= 0.3 is 0 Å². The third-order valence-electron chi connectivity index (χ3n) is 6.68. The number of epoxide rings is 1. The van der Waals surface area contributed by atoms with Gasteiger partial charge in [0.1, 0.15) is 11.2 Å². The highest BCUT2D eigenvalue weighted by Gasteiger charge is 2.79. The molecule has 2 bridgehead atoms. The zero-order valence-electron chi connectivity index (χ0n) is 11.5. The van der Waals surface area contributed by atoms with Crippen LogP contribution in [0.2, 0.25) is 0 Å². The van der Waals surface area contributed by atoms with Gasteiger partial charge < -0.3 is 9.47 Å². The standard InChI is InChI=1S/C15H24O2/c1-12(2)10-5-7-13(3)8-6-11-14(4,16-11)15(13,9-10)17-12/h10-11H,5-9H2,1-4H3/t10-,11+,13-,14+,15-/m1/s1. The predicted molar refractivity (Wildman–Crippen MR) is 65.9 cm³/mol. The lowest BCUT2D eigenvalue weighted by Crippen LogP contribution is -2.60. The van der Waals surface area contributed by atoms with E-state index in [1.165, 1.54) is 32.1 Å². The van der Waals surface area contributed by atoms with E-state index in [0.717, 1.165) is 5.92 Å². The molecule has 1 spiro atoms. The molecule has 2 saturated carbocycles. The van der Waals surface area contributed by atoms with Crippen molar-refractivity contribution in [2.45, 2.75) is 82.7 Å². The van der Waals surface area contributed by atoms with Gasteiger partial charge in [0.25, 0.3) is 0 Å². The molecule has 0 aromatic carbocycles. The van der Waals surface area contributed by atoms with Crippen molar-refractivity contribution in [3.63, 3.8) is 0 Å². The quantitative estimate of drug-likeness (QED) is 0.602. The topological polar surface area (TPSA) is 21.8 Å². The summed E-state index contributed by atoms with van der Waals surface area (Å²) in [6.45, 7) is 9.33. The average Bonchev–Trinajstić information content (AvgIpc) is 2.84. The Morgan fingerprint density at radius 3 is 2.47 bits per heavy atom. The number of fused-ring (bicyclic) bond motifs is 2. The van der Waals surface area contributed by atoms with Crippen molar-refractivity contribution in [1.29, 1.82) is 0 Å². The number of ether oxygens (including phenoxy) is 2. The summed E-state index contributed by atoms with van der Waals surface area (Å²) < 4.78 is 12.8. The zero-order valence-corrected chi connectivity index (χ0v) is 11.5. The van der Waals surface area contributed by atoms with Crippen LogP contribution < -0.4 is 0 Å². The van der Waals surface area contributed by atoms with Crippen LogP contribution in [-0.4, -0.2) is 22.9 Å². The zero-order chi connectivity index (χ0) is 12.1. The summed E-state index contributed by atoms with van der Waals surface area (Å²) >= 11 is 0. The first kappa shape index (κ1) is 10.8. The molecule has 2 heteroatoms. The van der Waals surface area contributed by atoms with Gasteiger partial charge in [-0.1, -0.05) is 6.92 Å². The lowest BCUT2D eigenvalue weighted by Gasteiger charge is -2.53. The Morgan fingerprint density at radius 1 is 1.00 bits per heavy atom. The molecule has 0 unspecified atom stereocenters. The fourth-order valence-corrected chi connectivity index (χ4v) is 5.31. The van der Waals surface area contributed by atoms with E-state index in [2.05, 4.69) is 27.7 Å². The third kappa shape index (κ3) is 0.986. The summed E-state index contributed by atoms with van der Waals surface area (Å²) in [6, 6.07) is 0. The van der Waals surface area contributed by atoms with Gasteiger partial charge in [-0.25, -0.2) is 0 Å². The highest BCUT2D eigenvalue weighted by atomic mass is 16.7. The van der Waals surface area contributed by atoms with Crippen LogP contribution in [0.1, 0.15) is 59.8 Å². The van der Waals surface area contributed by atoms with E-state index in [1.807, 2.05) is 0 Å². The second kappa shape index (κ2) is 2.60. The van der Waals surface area contributed by atoms with E-state index in [-0.39, 0.29) is 16.8 Å². The largest absolute Gasteiger partial charge is 0.365 e. The fourth-order valence-electron chi connectivity index (χ4n) is 5.31. The van der Waals surface area contributed by atoms with Crippen molar-refractivity contribution in [2.24, 2.45) is 11.3 Å². The maximum absolute atomic E-state index is 6.70. The lowest BCUT2D eigenvalue weighted by molar-refractivity contribution is -0.189. The van der Waals surface area contributed by atoms with E-state index in [4.69, 9.17) is 9.47 Å². The first-order valence-corrected chi connectivity index (χ1v) is 7.21. The van der Waals surface area contributed by atoms with Crippen LogP contribution in [0, 0.1) is 11.3 Å². The lowest BCUT2D eigenvalue weighted by atomic mass is 9.52. The van der Waals surface area contributed by atoms with Crippen molar-refractivity contribution >= 4 is 0 Å². The van der Waals surface area contributed by atoms with Crippen LogP contribution in [0.5, 0.6) is 0 Å². The molecule has 0 aromatic rings. The molecule has 0 amide bonds. The Bertz CT molecular complexity index is 390. The molecule has 2 nitrogen and oxygen atoms in total. The molecular weight excluding hydrogens is 212 g/mol. The van der Waals surface area contributed by atoms with Gasteiger partial charge in [-0.05, 0) is 64.2 Å². The van der Waals surface area contributed by atoms with Crippen molar-refractivity contribution in [3.8, 4) is 0 Å². The molecule has 96 valence electrons. The average molecular weight is 236 g/mol. The van der Waals surface area contributed by atoms with Crippen LogP contribution in [0.4, 0.5) is 0 Å². The van der Waals surface area contributed by atoms with Crippen molar-refractivity contribution in [2.75, 3.05) is 0 Å². The molecular formula is C15H24O2. The van der Waals surface area contributed by atoms with Gasteiger partial charge in [-0.3, -0.25) is 0 Å². The predicted octanol–water partition coefficient (Wildman–Crippen LogP) is 3.29. The third-order valence-corrected chi connectivity index (χ3v) is 6.68. The van der Waals surface area contributed by atoms with Gasteiger partial charge in [-0.15, -0.1) is 0 Å². The molecule has 0 N–H and O–H groups in total.